The minimum absolute atomic E-state index is 0.0571. The number of carbonyl (C=O) groups is 1. The van der Waals surface area contributed by atoms with Crippen LogP contribution in [0.2, 0.25) is 0 Å². The number of rotatable bonds is 6. The van der Waals surface area contributed by atoms with Crippen molar-refractivity contribution in [1.82, 2.24) is 25.1 Å². The van der Waals surface area contributed by atoms with Gasteiger partial charge in [0.15, 0.2) is 0 Å². The molecule has 2 N–H and O–H groups in total. The molecule has 0 radical (unpaired) electrons. The predicted octanol–water partition coefficient (Wildman–Crippen LogP) is 1.86. The predicted molar refractivity (Wildman–Crippen MR) is 79.4 cm³/mol. The van der Waals surface area contributed by atoms with Crippen LogP contribution in [0.15, 0.2) is 43.1 Å². The van der Waals surface area contributed by atoms with Crippen molar-refractivity contribution < 1.29 is 4.79 Å². The molecular weight excluding hydrogens is 266 g/mol. The number of nitrogens with zero attached hydrogens (tertiary/aromatic N) is 3. The third-order valence-electron chi connectivity index (χ3n) is 3.37. The summed E-state index contributed by atoms with van der Waals surface area (Å²) in [5.41, 5.74) is 2.18. The quantitative estimate of drug-likeness (QED) is 0.725. The van der Waals surface area contributed by atoms with E-state index in [1.54, 1.807) is 11.0 Å². The summed E-state index contributed by atoms with van der Waals surface area (Å²) < 4.78 is 1.73. The van der Waals surface area contributed by atoms with E-state index in [1.165, 1.54) is 11.7 Å². The number of hydrogen-bond acceptors (Lipinski definition) is 3. The highest BCUT2D eigenvalue weighted by molar-refractivity contribution is 5.80. The van der Waals surface area contributed by atoms with Crippen LogP contribution in [0.4, 0.5) is 0 Å². The van der Waals surface area contributed by atoms with Gasteiger partial charge in [0.25, 0.3) is 0 Å². The molecule has 0 aliphatic carbocycles. The molecule has 0 aliphatic heterocycles. The molecule has 0 saturated heterocycles. The highest BCUT2D eigenvalue weighted by atomic mass is 16.1. The van der Waals surface area contributed by atoms with E-state index < -0.39 is 0 Å². The number of fused-ring (bicyclic) bond motifs is 1. The molecule has 0 spiro atoms. The average molecular weight is 283 g/mol. The van der Waals surface area contributed by atoms with Crippen molar-refractivity contribution in [2.24, 2.45) is 0 Å². The van der Waals surface area contributed by atoms with Gasteiger partial charge in [0.1, 0.15) is 12.7 Å². The Hall–Kier alpha value is -2.63. The topological polar surface area (TPSA) is 75.6 Å². The van der Waals surface area contributed by atoms with Gasteiger partial charge in [0.05, 0.1) is 0 Å². The first-order valence-corrected chi connectivity index (χ1v) is 6.96. The first kappa shape index (κ1) is 13.4. The molecule has 1 aromatic carbocycles. The van der Waals surface area contributed by atoms with Crippen LogP contribution in [0.3, 0.4) is 0 Å². The van der Waals surface area contributed by atoms with E-state index in [0.29, 0.717) is 19.5 Å². The molecule has 0 unspecified atom stereocenters. The van der Waals surface area contributed by atoms with Gasteiger partial charge in [-0.05, 0) is 29.5 Å². The largest absolute Gasteiger partial charge is 0.361 e. The zero-order chi connectivity index (χ0) is 14.5. The van der Waals surface area contributed by atoms with Crippen molar-refractivity contribution in [3.05, 3.63) is 48.7 Å². The maximum Gasteiger partial charge on any atom is 0.220 e. The van der Waals surface area contributed by atoms with E-state index in [2.05, 4.69) is 32.5 Å². The van der Waals surface area contributed by atoms with Crippen molar-refractivity contribution in [3.63, 3.8) is 0 Å². The Balaban J connectivity index is 1.44. The van der Waals surface area contributed by atoms with Gasteiger partial charge in [-0.25, -0.2) is 4.98 Å². The lowest BCUT2D eigenvalue weighted by Crippen LogP contribution is -2.22. The van der Waals surface area contributed by atoms with Gasteiger partial charge >= 0.3 is 0 Å². The van der Waals surface area contributed by atoms with Crippen molar-refractivity contribution >= 4 is 16.8 Å². The van der Waals surface area contributed by atoms with Crippen molar-refractivity contribution in [2.45, 2.75) is 25.9 Å². The zero-order valence-electron chi connectivity index (χ0n) is 11.6. The van der Waals surface area contributed by atoms with E-state index in [0.717, 1.165) is 17.5 Å². The lowest BCUT2D eigenvalue weighted by atomic mass is 10.1. The van der Waals surface area contributed by atoms with E-state index in [-0.39, 0.29) is 5.91 Å². The molecule has 3 rings (SSSR count). The third kappa shape index (κ3) is 3.47. The molecule has 2 aromatic heterocycles. The van der Waals surface area contributed by atoms with Crippen LogP contribution in [0, 0.1) is 0 Å². The monoisotopic (exact) mass is 283 g/mol. The summed E-state index contributed by atoms with van der Waals surface area (Å²) in [5, 5.41) is 8.12. The highest BCUT2D eigenvalue weighted by Crippen LogP contribution is 2.13. The van der Waals surface area contributed by atoms with Gasteiger partial charge < -0.3 is 10.3 Å². The van der Waals surface area contributed by atoms with Crippen molar-refractivity contribution in [2.75, 3.05) is 0 Å². The van der Waals surface area contributed by atoms with Gasteiger partial charge in [0.2, 0.25) is 5.91 Å². The minimum Gasteiger partial charge on any atom is -0.361 e. The second kappa shape index (κ2) is 6.21. The van der Waals surface area contributed by atoms with Crippen molar-refractivity contribution in [1.29, 1.82) is 0 Å². The number of benzene rings is 1. The summed E-state index contributed by atoms with van der Waals surface area (Å²) in [6.07, 6.45) is 6.31. The normalized spacial score (nSPS) is 10.9. The number of hydrogen-bond donors (Lipinski definition) is 2. The second-order valence-electron chi connectivity index (χ2n) is 4.94. The molecule has 1 amide bonds. The van der Waals surface area contributed by atoms with Crippen LogP contribution < -0.4 is 5.32 Å². The lowest BCUT2D eigenvalue weighted by Gasteiger charge is -2.06. The molecule has 6 nitrogen and oxygen atoms in total. The second-order valence-corrected chi connectivity index (χ2v) is 4.94. The smallest absolute Gasteiger partial charge is 0.220 e. The molecule has 3 aromatic rings. The first-order chi connectivity index (χ1) is 10.3. The number of aromatic nitrogens is 4. The molecule has 2 heterocycles. The number of aryl methyl sites for hydroxylation is 1. The molecule has 0 aliphatic rings. The summed E-state index contributed by atoms with van der Waals surface area (Å²) in [6, 6.07) is 8.18. The zero-order valence-corrected chi connectivity index (χ0v) is 11.6. The van der Waals surface area contributed by atoms with E-state index in [4.69, 9.17) is 0 Å². The van der Waals surface area contributed by atoms with Gasteiger partial charge in [-0.2, -0.15) is 5.10 Å². The maximum atomic E-state index is 11.8. The lowest BCUT2D eigenvalue weighted by molar-refractivity contribution is -0.121. The fraction of sp³-hybridized carbons (Fsp3) is 0.267. The van der Waals surface area contributed by atoms with Crippen LogP contribution in [-0.2, 0) is 17.9 Å². The summed E-state index contributed by atoms with van der Waals surface area (Å²) in [5.74, 6) is 0.0571. The Labute approximate surface area is 122 Å². The molecule has 0 bridgehead atoms. The molecule has 0 atom stereocenters. The Kier molecular flexibility index (Phi) is 3.95. The molecule has 6 heteroatoms. The van der Waals surface area contributed by atoms with Gasteiger partial charge in [-0.3, -0.25) is 9.48 Å². The number of nitrogens with one attached hydrogen (secondary N) is 2. The van der Waals surface area contributed by atoms with Crippen LogP contribution >= 0.6 is 0 Å². The first-order valence-electron chi connectivity index (χ1n) is 6.96. The minimum atomic E-state index is 0.0571. The Morgan fingerprint density at radius 2 is 2.29 bits per heavy atom. The van der Waals surface area contributed by atoms with Crippen LogP contribution in [-0.4, -0.2) is 25.7 Å². The van der Waals surface area contributed by atoms with E-state index in [9.17, 15) is 4.79 Å². The fourth-order valence-electron chi connectivity index (χ4n) is 2.24. The molecule has 0 saturated carbocycles. The Morgan fingerprint density at radius 3 is 3.14 bits per heavy atom. The molecule has 0 fully saturated rings. The summed E-state index contributed by atoms with van der Waals surface area (Å²) in [4.78, 5) is 18.8. The van der Waals surface area contributed by atoms with Crippen molar-refractivity contribution in [3.8, 4) is 0 Å². The molecule has 21 heavy (non-hydrogen) atoms. The van der Waals surface area contributed by atoms with Gasteiger partial charge in [-0.15, -0.1) is 0 Å². The number of amides is 1. The summed E-state index contributed by atoms with van der Waals surface area (Å²) in [7, 11) is 0. The molecule has 108 valence electrons. The van der Waals surface area contributed by atoms with Crippen LogP contribution in [0.5, 0.6) is 0 Å². The maximum absolute atomic E-state index is 11.8. The number of H-pyrrole nitrogens is 1. The van der Waals surface area contributed by atoms with E-state index in [1.807, 2.05) is 18.3 Å². The fourth-order valence-corrected chi connectivity index (χ4v) is 2.24. The van der Waals surface area contributed by atoms with Crippen LogP contribution in [0.25, 0.3) is 10.9 Å². The Bertz CT molecular complexity index is 717. The SMILES string of the molecule is O=C(CCCn1cncn1)NCc1ccc2cc[nH]c2c1. The molecular formula is C15H17N5O. The van der Waals surface area contributed by atoms with Gasteiger partial charge in [-0.1, -0.05) is 12.1 Å². The summed E-state index contributed by atoms with van der Waals surface area (Å²) >= 11 is 0. The average Bonchev–Trinajstić information content (AvgIpc) is 3.15. The summed E-state index contributed by atoms with van der Waals surface area (Å²) in [6.45, 7) is 1.26. The number of carbonyl (C=O) groups excluding carboxylic acids is 1. The van der Waals surface area contributed by atoms with Gasteiger partial charge in [0, 0.05) is 31.2 Å². The standard InChI is InChI=1S/C15H17N5O/c21-15(2-1-7-20-11-16-10-19-20)18-9-12-3-4-13-5-6-17-14(13)8-12/h3-6,8,10-11,17H,1-2,7,9H2,(H,18,21). The third-order valence-corrected chi connectivity index (χ3v) is 3.37. The highest BCUT2D eigenvalue weighted by Gasteiger charge is 2.03. The Morgan fingerprint density at radius 1 is 1.33 bits per heavy atom. The number of aromatic amines is 1. The van der Waals surface area contributed by atoms with Crippen LogP contribution in [0.1, 0.15) is 18.4 Å². The van der Waals surface area contributed by atoms with E-state index >= 15 is 0 Å².